The molecule has 1 saturated heterocycles. The van der Waals surface area contributed by atoms with Gasteiger partial charge in [0.25, 0.3) is 0 Å². The van der Waals surface area contributed by atoms with Gasteiger partial charge in [0.05, 0.1) is 16.8 Å². The second kappa shape index (κ2) is 5.73. The number of nitrogens with zero attached hydrogens (tertiary/aromatic N) is 1. The normalized spacial score (nSPS) is 18.4. The second-order valence-corrected chi connectivity index (χ2v) is 6.98. The molecular formula is C19H19BFNO2. The Morgan fingerprint density at radius 3 is 2.21 bits per heavy atom. The summed E-state index contributed by atoms with van der Waals surface area (Å²) in [4.78, 5) is 0. The van der Waals surface area contributed by atoms with Crippen molar-refractivity contribution in [2.75, 3.05) is 0 Å². The summed E-state index contributed by atoms with van der Waals surface area (Å²) in [5.41, 5.74) is 1.52. The number of nitriles is 1. The van der Waals surface area contributed by atoms with E-state index in [1.807, 2.05) is 58.0 Å². The van der Waals surface area contributed by atoms with E-state index in [0.29, 0.717) is 5.56 Å². The Morgan fingerprint density at radius 1 is 1.00 bits per heavy atom. The molecule has 1 aliphatic rings. The van der Waals surface area contributed by atoms with E-state index in [-0.39, 0.29) is 5.56 Å². The van der Waals surface area contributed by atoms with Gasteiger partial charge in [-0.25, -0.2) is 4.39 Å². The van der Waals surface area contributed by atoms with Gasteiger partial charge < -0.3 is 9.31 Å². The molecule has 0 amide bonds. The first-order valence-corrected chi connectivity index (χ1v) is 7.90. The Morgan fingerprint density at radius 2 is 1.62 bits per heavy atom. The summed E-state index contributed by atoms with van der Waals surface area (Å²) in [5, 5.41) is 8.89. The standard InChI is InChI=1S/C19H19BFNO2/c1-18(2)19(3,4)24-20(23-18)16-8-6-5-7-15(16)13-9-10-14(12-22)17(21)11-13/h5-11H,1-4H3. The summed E-state index contributed by atoms with van der Waals surface area (Å²) in [7, 11) is -0.523. The lowest BCUT2D eigenvalue weighted by Crippen LogP contribution is -2.41. The number of hydrogen-bond acceptors (Lipinski definition) is 3. The van der Waals surface area contributed by atoms with Crippen molar-refractivity contribution < 1.29 is 13.7 Å². The number of benzene rings is 2. The van der Waals surface area contributed by atoms with Crippen LogP contribution in [-0.4, -0.2) is 18.3 Å². The molecule has 2 aromatic rings. The number of hydrogen-bond donors (Lipinski definition) is 0. The van der Waals surface area contributed by atoms with E-state index in [1.165, 1.54) is 12.1 Å². The molecule has 122 valence electrons. The zero-order valence-electron chi connectivity index (χ0n) is 14.3. The third kappa shape index (κ3) is 2.73. The molecule has 1 fully saturated rings. The highest BCUT2D eigenvalue weighted by molar-refractivity contribution is 6.63. The van der Waals surface area contributed by atoms with E-state index in [9.17, 15) is 4.39 Å². The van der Waals surface area contributed by atoms with Crippen LogP contribution in [-0.2, 0) is 9.31 Å². The summed E-state index contributed by atoms with van der Waals surface area (Å²) >= 11 is 0. The molecule has 0 radical (unpaired) electrons. The molecule has 1 aliphatic heterocycles. The molecule has 5 heteroatoms. The van der Waals surface area contributed by atoms with E-state index in [4.69, 9.17) is 14.6 Å². The molecule has 0 N–H and O–H groups in total. The predicted octanol–water partition coefficient (Wildman–Crippen LogP) is 3.66. The van der Waals surface area contributed by atoms with Crippen molar-refractivity contribution >= 4 is 12.6 Å². The number of rotatable bonds is 2. The van der Waals surface area contributed by atoms with Gasteiger partial charge >= 0.3 is 7.12 Å². The van der Waals surface area contributed by atoms with E-state index < -0.39 is 24.1 Å². The van der Waals surface area contributed by atoms with E-state index in [2.05, 4.69) is 0 Å². The first-order chi connectivity index (χ1) is 11.2. The minimum absolute atomic E-state index is 0.0341. The third-order valence-electron chi connectivity index (χ3n) is 4.87. The molecular weight excluding hydrogens is 304 g/mol. The molecule has 0 bridgehead atoms. The summed E-state index contributed by atoms with van der Waals surface area (Å²) in [6, 6.07) is 14.1. The Labute approximate surface area is 142 Å². The fourth-order valence-corrected chi connectivity index (χ4v) is 2.71. The molecule has 0 spiro atoms. The highest BCUT2D eigenvalue weighted by Crippen LogP contribution is 2.37. The van der Waals surface area contributed by atoms with Crippen LogP contribution in [0.3, 0.4) is 0 Å². The van der Waals surface area contributed by atoms with Gasteiger partial charge in [-0.3, -0.25) is 0 Å². The molecule has 0 atom stereocenters. The SMILES string of the molecule is CC1(C)OB(c2ccccc2-c2ccc(C#N)c(F)c2)OC1(C)C. The molecule has 24 heavy (non-hydrogen) atoms. The summed E-state index contributed by atoms with van der Waals surface area (Å²) < 4.78 is 26.2. The summed E-state index contributed by atoms with van der Waals surface area (Å²) in [5.74, 6) is -0.529. The summed E-state index contributed by atoms with van der Waals surface area (Å²) in [6.45, 7) is 7.99. The minimum Gasteiger partial charge on any atom is -0.399 e. The molecule has 3 rings (SSSR count). The summed E-state index contributed by atoms with van der Waals surface area (Å²) in [6.07, 6.45) is 0. The Balaban J connectivity index is 2.04. The van der Waals surface area contributed by atoms with Crippen LogP contribution in [0.4, 0.5) is 4.39 Å². The Kier molecular flexibility index (Phi) is 3.99. The molecule has 0 unspecified atom stereocenters. The molecule has 0 aliphatic carbocycles. The maximum atomic E-state index is 14.0. The van der Waals surface area contributed by atoms with Crippen molar-refractivity contribution in [1.29, 1.82) is 5.26 Å². The van der Waals surface area contributed by atoms with E-state index in [0.717, 1.165) is 11.0 Å². The fraction of sp³-hybridized carbons (Fsp3) is 0.316. The highest BCUT2D eigenvalue weighted by atomic mass is 19.1. The van der Waals surface area contributed by atoms with E-state index >= 15 is 0 Å². The largest absolute Gasteiger partial charge is 0.495 e. The zero-order valence-corrected chi connectivity index (χ0v) is 14.3. The van der Waals surface area contributed by atoms with Crippen LogP contribution in [0.25, 0.3) is 11.1 Å². The van der Waals surface area contributed by atoms with Crippen molar-refractivity contribution in [3.8, 4) is 17.2 Å². The van der Waals surface area contributed by atoms with Crippen LogP contribution in [0.5, 0.6) is 0 Å². The minimum atomic E-state index is -0.529. The molecule has 2 aromatic carbocycles. The van der Waals surface area contributed by atoms with Crippen LogP contribution in [0, 0.1) is 17.1 Å². The maximum Gasteiger partial charge on any atom is 0.495 e. The lowest BCUT2D eigenvalue weighted by molar-refractivity contribution is 0.00578. The fourth-order valence-electron chi connectivity index (χ4n) is 2.71. The van der Waals surface area contributed by atoms with Gasteiger partial charge in [-0.05, 0) is 56.4 Å². The second-order valence-electron chi connectivity index (χ2n) is 6.98. The van der Waals surface area contributed by atoms with Gasteiger partial charge in [0, 0.05) is 0 Å². The van der Waals surface area contributed by atoms with Crippen LogP contribution in [0.15, 0.2) is 42.5 Å². The lowest BCUT2D eigenvalue weighted by atomic mass is 9.74. The Hall–Kier alpha value is -2.16. The maximum absolute atomic E-state index is 14.0. The van der Waals surface area contributed by atoms with Crippen molar-refractivity contribution in [3.63, 3.8) is 0 Å². The quantitative estimate of drug-likeness (QED) is 0.792. The molecule has 0 aromatic heterocycles. The molecule has 3 nitrogen and oxygen atoms in total. The van der Waals surface area contributed by atoms with Gasteiger partial charge in [0.1, 0.15) is 11.9 Å². The van der Waals surface area contributed by atoms with Crippen molar-refractivity contribution in [3.05, 3.63) is 53.8 Å². The van der Waals surface area contributed by atoms with Gasteiger partial charge in [0.2, 0.25) is 0 Å². The van der Waals surface area contributed by atoms with Crippen LogP contribution < -0.4 is 5.46 Å². The first-order valence-electron chi connectivity index (χ1n) is 7.90. The third-order valence-corrected chi connectivity index (χ3v) is 4.87. The van der Waals surface area contributed by atoms with Gasteiger partial charge in [-0.1, -0.05) is 30.3 Å². The van der Waals surface area contributed by atoms with Gasteiger partial charge in [0.15, 0.2) is 0 Å². The average molecular weight is 323 g/mol. The average Bonchev–Trinajstić information content (AvgIpc) is 2.75. The Bertz CT molecular complexity index is 810. The van der Waals surface area contributed by atoms with Gasteiger partial charge in [-0.2, -0.15) is 5.26 Å². The monoisotopic (exact) mass is 323 g/mol. The van der Waals surface area contributed by atoms with Gasteiger partial charge in [-0.15, -0.1) is 0 Å². The highest BCUT2D eigenvalue weighted by Gasteiger charge is 2.52. The molecule has 0 saturated carbocycles. The first kappa shape index (κ1) is 16.7. The van der Waals surface area contributed by atoms with Crippen molar-refractivity contribution in [2.24, 2.45) is 0 Å². The lowest BCUT2D eigenvalue weighted by Gasteiger charge is -2.32. The topological polar surface area (TPSA) is 42.2 Å². The van der Waals surface area contributed by atoms with Crippen LogP contribution in [0.1, 0.15) is 33.3 Å². The van der Waals surface area contributed by atoms with Crippen LogP contribution in [0.2, 0.25) is 0 Å². The van der Waals surface area contributed by atoms with Crippen molar-refractivity contribution in [1.82, 2.24) is 0 Å². The van der Waals surface area contributed by atoms with Crippen molar-refractivity contribution in [2.45, 2.75) is 38.9 Å². The van der Waals surface area contributed by atoms with E-state index in [1.54, 1.807) is 6.07 Å². The van der Waals surface area contributed by atoms with Crippen LogP contribution >= 0.6 is 0 Å². The zero-order chi connectivity index (χ0) is 17.5. The number of halogens is 1. The molecule has 1 heterocycles. The smallest absolute Gasteiger partial charge is 0.399 e. The predicted molar refractivity (Wildman–Crippen MR) is 92.3 cm³/mol.